The lowest BCUT2D eigenvalue weighted by Gasteiger charge is -2.29. The normalized spacial score (nSPS) is 23.9. The van der Waals surface area contributed by atoms with E-state index in [4.69, 9.17) is 0 Å². The van der Waals surface area contributed by atoms with E-state index in [-0.39, 0.29) is 5.91 Å². The van der Waals surface area contributed by atoms with Gasteiger partial charge in [-0.2, -0.15) is 0 Å². The molecule has 1 aliphatic heterocycles. The van der Waals surface area contributed by atoms with Gasteiger partial charge in [-0.15, -0.1) is 22.0 Å². The molecule has 0 saturated heterocycles. The first-order valence-corrected chi connectivity index (χ1v) is 12.0. The molecule has 0 radical (unpaired) electrons. The molecule has 2 aromatic heterocycles. The summed E-state index contributed by atoms with van der Waals surface area (Å²) in [5.41, 5.74) is 1.27. The van der Waals surface area contributed by atoms with Gasteiger partial charge in [0.2, 0.25) is 11.0 Å². The molecule has 1 N–H and O–H groups in total. The second-order valence-electron chi connectivity index (χ2n) is 7.52. The zero-order chi connectivity index (χ0) is 19.0. The number of amides is 1. The van der Waals surface area contributed by atoms with E-state index >= 15 is 0 Å². The fraction of sp³-hybridized carbons (Fsp3) is 0.611. The number of anilines is 1. The van der Waals surface area contributed by atoms with E-state index in [0.29, 0.717) is 28.0 Å². The van der Waals surface area contributed by atoms with Crippen LogP contribution in [-0.4, -0.2) is 37.1 Å². The second kappa shape index (κ2) is 8.05. The summed E-state index contributed by atoms with van der Waals surface area (Å²) in [6.45, 7) is 6.47. The van der Waals surface area contributed by atoms with Crippen LogP contribution in [0, 0.1) is 5.92 Å². The topological polar surface area (TPSA) is 80.7 Å². The first-order chi connectivity index (χ1) is 13.0. The fourth-order valence-electron chi connectivity index (χ4n) is 3.63. The van der Waals surface area contributed by atoms with Gasteiger partial charge in [0.15, 0.2) is 0 Å². The molecule has 0 aromatic carbocycles. The number of hydrogen-bond donors (Lipinski definition) is 1. The predicted molar refractivity (Wildman–Crippen MR) is 111 cm³/mol. The van der Waals surface area contributed by atoms with Crippen molar-refractivity contribution in [2.45, 2.75) is 67.2 Å². The molecule has 1 amide bonds. The van der Waals surface area contributed by atoms with Gasteiger partial charge in [-0.1, -0.05) is 50.3 Å². The second-order valence-corrected chi connectivity index (χ2v) is 10.7. The zero-order valence-electron chi connectivity index (χ0n) is 15.6. The number of rotatable bonds is 5. The van der Waals surface area contributed by atoms with Gasteiger partial charge in [-0.05, 0) is 18.8 Å². The van der Waals surface area contributed by atoms with Gasteiger partial charge in [0, 0.05) is 22.6 Å². The Bertz CT molecular complexity index is 840. The number of aromatic nitrogens is 4. The van der Waals surface area contributed by atoms with Crippen LogP contribution in [0.5, 0.6) is 0 Å². The number of fused-ring (bicyclic) bond motifs is 3. The van der Waals surface area contributed by atoms with Crippen LogP contribution in [0.2, 0.25) is 0 Å². The standard InChI is InChI=1S/C18H23N5OS3/c1-9(2)15-22-23-18(27-15)21-13(24)7-25-16-14-11-5-4-10(3)6-12(11)26-17(14)20-8-19-16/h8-12H,4-7H2,1-3H3,(H,21,23,24). The lowest BCUT2D eigenvalue weighted by Crippen LogP contribution is -2.21. The Morgan fingerprint density at radius 1 is 1.33 bits per heavy atom. The lowest BCUT2D eigenvalue weighted by atomic mass is 9.80. The molecule has 0 bridgehead atoms. The Labute approximate surface area is 171 Å². The highest BCUT2D eigenvalue weighted by Gasteiger charge is 2.40. The molecular formula is C18H23N5OS3. The number of carbonyl (C=O) groups is 1. The molecule has 2 aromatic rings. The average molecular weight is 422 g/mol. The molecule has 4 rings (SSSR count). The van der Waals surface area contributed by atoms with Gasteiger partial charge in [0.05, 0.1) is 5.75 Å². The van der Waals surface area contributed by atoms with Crippen LogP contribution in [0.1, 0.15) is 62.4 Å². The maximum absolute atomic E-state index is 12.3. The quantitative estimate of drug-likeness (QED) is 0.560. The van der Waals surface area contributed by atoms with Crippen molar-refractivity contribution in [2.24, 2.45) is 5.92 Å². The predicted octanol–water partition coefficient (Wildman–Crippen LogP) is 4.56. The van der Waals surface area contributed by atoms with Gasteiger partial charge in [-0.3, -0.25) is 10.1 Å². The number of hydrogen-bond acceptors (Lipinski definition) is 8. The van der Waals surface area contributed by atoms with Crippen molar-refractivity contribution in [3.8, 4) is 0 Å². The van der Waals surface area contributed by atoms with Gasteiger partial charge in [0.25, 0.3) is 0 Å². The monoisotopic (exact) mass is 421 g/mol. The SMILES string of the molecule is CC1CCC2c3c(SCC(=O)Nc4nnc(C(C)C)s4)ncnc3SC2C1. The number of thioether (sulfide) groups is 2. The molecule has 3 unspecified atom stereocenters. The van der Waals surface area contributed by atoms with Crippen LogP contribution in [0.3, 0.4) is 0 Å². The molecule has 1 fully saturated rings. The van der Waals surface area contributed by atoms with E-state index in [9.17, 15) is 4.79 Å². The third-order valence-corrected chi connectivity index (χ3v) is 8.54. The molecule has 0 spiro atoms. The van der Waals surface area contributed by atoms with Crippen molar-refractivity contribution >= 4 is 45.9 Å². The third kappa shape index (κ3) is 4.14. The smallest absolute Gasteiger partial charge is 0.236 e. The molecule has 3 atom stereocenters. The summed E-state index contributed by atoms with van der Waals surface area (Å²) in [5.74, 6) is 1.88. The Kier molecular flexibility index (Phi) is 5.70. The van der Waals surface area contributed by atoms with Crippen molar-refractivity contribution in [1.82, 2.24) is 20.2 Å². The minimum absolute atomic E-state index is 0.0710. The summed E-state index contributed by atoms with van der Waals surface area (Å²) in [6, 6.07) is 0. The van der Waals surface area contributed by atoms with Crippen molar-refractivity contribution in [3.63, 3.8) is 0 Å². The maximum atomic E-state index is 12.3. The van der Waals surface area contributed by atoms with E-state index in [2.05, 4.69) is 46.3 Å². The Morgan fingerprint density at radius 2 is 2.19 bits per heavy atom. The summed E-state index contributed by atoms with van der Waals surface area (Å²) in [4.78, 5) is 21.4. The molecule has 3 heterocycles. The van der Waals surface area contributed by atoms with E-state index < -0.39 is 0 Å². The molecule has 144 valence electrons. The largest absolute Gasteiger partial charge is 0.300 e. The first kappa shape index (κ1) is 19.1. The lowest BCUT2D eigenvalue weighted by molar-refractivity contribution is -0.113. The van der Waals surface area contributed by atoms with Gasteiger partial charge >= 0.3 is 0 Å². The molecule has 9 heteroatoms. The van der Waals surface area contributed by atoms with Crippen LogP contribution >= 0.6 is 34.9 Å². The van der Waals surface area contributed by atoms with Gasteiger partial charge in [0.1, 0.15) is 21.4 Å². The fourth-order valence-corrected chi connectivity index (χ4v) is 6.95. The maximum Gasteiger partial charge on any atom is 0.236 e. The summed E-state index contributed by atoms with van der Waals surface area (Å²) in [7, 11) is 0. The summed E-state index contributed by atoms with van der Waals surface area (Å²) in [5, 5.41) is 15.2. The Morgan fingerprint density at radius 3 is 2.96 bits per heavy atom. The molecule has 27 heavy (non-hydrogen) atoms. The number of nitrogens with zero attached hydrogens (tertiary/aromatic N) is 4. The first-order valence-electron chi connectivity index (χ1n) is 9.29. The minimum Gasteiger partial charge on any atom is -0.300 e. The highest BCUT2D eigenvalue weighted by molar-refractivity contribution is 8.01. The number of carbonyl (C=O) groups excluding carboxylic acids is 1. The zero-order valence-corrected chi connectivity index (χ0v) is 18.1. The highest BCUT2D eigenvalue weighted by atomic mass is 32.2. The number of nitrogens with one attached hydrogen (secondary N) is 1. The van der Waals surface area contributed by atoms with Crippen molar-refractivity contribution in [3.05, 3.63) is 16.9 Å². The van der Waals surface area contributed by atoms with Crippen molar-refractivity contribution < 1.29 is 4.79 Å². The van der Waals surface area contributed by atoms with Crippen LogP contribution in [0.4, 0.5) is 5.13 Å². The van der Waals surface area contributed by atoms with E-state index in [1.165, 1.54) is 47.9 Å². The van der Waals surface area contributed by atoms with Crippen LogP contribution in [0.15, 0.2) is 16.4 Å². The van der Waals surface area contributed by atoms with Crippen molar-refractivity contribution in [1.29, 1.82) is 0 Å². The average Bonchev–Trinajstić information content (AvgIpc) is 3.23. The van der Waals surface area contributed by atoms with Crippen molar-refractivity contribution in [2.75, 3.05) is 11.1 Å². The van der Waals surface area contributed by atoms with Gasteiger partial charge in [-0.25, -0.2) is 9.97 Å². The molecule has 2 aliphatic rings. The molecule has 6 nitrogen and oxygen atoms in total. The Balaban J connectivity index is 1.41. The molecular weight excluding hydrogens is 398 g/mol. The van der Waals surface area contributed by atoms with Gasteiger partial charge < -0.3 is 0 Å². The summed E-state index contributed by atoms with van der Waals surface area (Å²) < 4.78 is 0. The minimum atomic E-state index is -0.0710. The molecule has 1 aliphatic carbocycles. The highest BCUT2D eigenvalue weighted by Crippen LogP contribution is 2.54. The Hall–Kier alpha value is -1.19. The van der Waals surface area contributed by atoms with Crippen LogP contribution in [0.25, 0.3) is 0 Å². The van der Waals surface area contributed by atoms with E-state index in [1.807, 2.05) is 11.8 Å². The summed E-state index contributed by atoms with van der Waals surface area (Å²) >= 11 is 4.84. The van der Waals surface area contributed by atoms with E-state index in [1.54, 1.807) is 6.33 Å². The molecule has 1 saturated carbocycles. The van der Waals surface area contributed by atoms with E-state index in [0.717, 1.165) is 21.0 Å². The summed E-state index contributed by atoms with van der Waals surface area (Å²) in [6.07, 6.45) is 5.33. The van der Waals surface area contributed by atoms with Crippen LogP contribution in [-0.2, 0) is 4.79 Å². The third-order valence-electron chi connectivity index (χ3n) is 5.02. The van der Waals surface area contributed by atoms with Crippen LogP contribution < -0.4 is 5.32 Å².